The zero-order valence-corrected chi connectivity index (χ0v) is 17.9. The molecule has 0 saturated carbocycles. The van der Waals surface area contributed by atoms with E-state index in [1.54, 1.807) is 0 Å². The average Bonchev–Trinajstić information content (AvgIpc) is 2.75. The van der Waals surface area contributed by atoms with Gasteiger partial charge in [0.2, 0.25) is 0 Å². The molecule has 2 aromatic rings. The van der Waals surface area contributed by atoms with Gasteiger partial charge in [0.05, 0.1) is 6.61 Å². The van der Waals surface area contributed by atoms with Gasteiger partial charge in [0.1, 0.15) is 4.99 Å². The minimum Gasteiger partial charge on any atom is -0.490 e. The number of nitrogens with zero attached hydrogens (tertiary/aromatic N) is 1. The second-order valence-electron chi connectivity index (χ2n) is 7.10. The second kappa shape index (κ2) is 10.3. The summed E-state index contributed by atoms with van der Waals surface area (Å²) in [4.78, 5) is 15.4. The van der Waals surface area contributed by atoms with Crippen molar-refractivity contribution >= 4 is 28.8 Å². The van der Waals surface area contributed by atoms with E-state index in [0.717, 1.165) is 34.9 Å². The lowest BCUT2D eigenvalue weighted by molar-refractivity contribution is -0.118. The number of amides is 1. The summed E-state index contributed by atoms with van der Waals surface area (Å²) in [5.74, 6) is 0.930. The largest absolute Gasteiger partial charge is 0.490 e. The van der Waals surface area contributed by atoms with Crippen molar-refractivity contribution in [1.82, 2.24) is 4.90 Å². The second-order valence-corrected chi connectivity index (χ2v) is 7.49. The van der Waals surface area contributed by atoms with Gasteiger partial charge in [-0.15, -0.1) is 0 Å². The van der Waals surface area contributed by atoms with Gasteiger partial charge in [-0.25, -0.2) is 0 Å². The maximum absolute atomic E-state index is 12.3. The summed E-state index contributed by atoms with van der Waals surface area (Å²) in [6.45, 7) is 6.29. The first-order valence-electron chi connectivity index (χ1n) is 10.1. The zero-order chi connectivity index (χ0) is 20.6. The quantitative estimate of drug-likeness (QED) is 0.675. The van der Waals surface area contributed by atoms with Crippen molar-refractivity contribution in [2.75, 3.05) is 31.6 Å². The summed E-state index contributed by atoms with van der Waals surface area (Å²) < 4.78 is 11.5. The Kier molecular flexibility index (Phi) is 7.47. The van der Waals surface area contributed by atoms with Gasteiger partial charge in [-0.3, -0.25) is 4.79 Å². The third-order valence-electron chi connectivity index (χ3n) is 4.91. The molecule has 0 radical (unpaired) electrons. The molecule has 3 rings (SSSR count). The number of carbonyl (C=O) groups excluding carboxylic acids is 1. The van der Waals surface area contributed by atoms with E-state index >= 15 is 0 Å². The first-order valence-corrected chi connectivity index (χ1v) is 10.5. The minimum atomic E-state index is -0.213. The summed E-state index contributed by atoms with van der Waals surface area (Å²) in [5.41, 5.74) is 2.74. The predicted molar refractivity (Wildman–Crippen MR) is 120 cm³/mol. The van der Waals surface area contributed by atoms with Crippen LogP contribution in [0.5, 0.6) is 11.5 Å². The molecule has 0 aliphatic carbocycles. The lowest BCUT2D eigenvalue weighted by Crippen LogP contribution is -2.34. The molecule has 1 heterocycles. The highest BCUT2D eigenvalue weighted by atomic mass is 32.1. The third-order valence-corrected chi connectivity index (χ3v) is 5.41. The van der Waals surface area contributed by atoms with E-state index in [9.17, 15) is 4.79 Å². The molecule has 1 fully saturated rings. The molecule has 154 valence electrons. The van der Waals surface area contributed by atoms with Crippen LogP contribution in [0.4, 0.5) is 5.69 Å². The number of thiocarbonyl (C=S) groups is 1. The SMILES string of the molecule is CCOc1cc(C(=S)N2CCCCC2)ccc1OCC(=O)Nc1ccccc1C. The Hall–Kier alpha value is -2.60. The Labute approximate surface area is 178 Å². The molecule has 1 amide bonds. The maximum Gasteiger partial charge on any atom is 0.262 e. The molecule has 5 nitrogen and oxygen atoms in total. The van der Waals surface area contributed by atoms with Crippen LogP contribution < -0.4 is 14.8 Å². The fourth-order valence-corrected chi connectivity index (χ4v) is 3.66. The van der Waals surface area contributed by atoms with Crippen molar-refractivity contribution in [3.8, 4) is 11.5 Å². The molecule has 0 spiro atoms. The van der Waals surface area contributed by atoms with Gasteiger partial charge in [-0.2, -0.15) is 0 Å². The maximum atomic E-state index is 12.3. The summed E-state index contributed by atoms with van der Waals surface area (Å²) in [5, 5.41) is 2.87. The Bertz CT molecular complexity index is 863. The fraction of sp³-hybridized carbons (Fsp3) is 0.391. The molecule has 1 aliphatic rings. The van der Waals surface area contributed by atoms with Gasteiger partial charge >= 0.3 is 0 Å². The molecule has 1 N–H and O–H groups in total. The van der Waals surface area contributed by atoms with Crippen LogP contribution in [0.15, 0.2) is 42.5 Å². The fourth-order valence-electron chi connectivity index (χ4n) is 3.35. The number of nitrogens with one attached hydrogen (secondary N) is 1. The van der Waals surface area contributed by atoms with E-state index < -0.39 is 0 Å². The molecule has 0 aromatic heterocycles. The molecule has 6 heteroatoms. The monoisotopic (exact) mass is 412 g/mol. The van der Waals surface area contributed by atoms with E-state index in [4.69, 9.17) is 21.7 Å². The molecule has 2 aromatic carbocycles. The van der Waals surface area contributed by atoms with Crippen molar-refractivity contribution < 1.29 is 14.3 Å². The number of rotatable bonds is 7. The molecule has 29 heavy (non-hydrogen) atoms. The normalized spacial score (nSPS) is 13.7. The number of benzene rings is 2. The van der Waals surface area contributed by atoms with Crippen molar-refractivity contribution in [2.45, 2.75) is 33.1 Å². The van der Waals surface area contributed by atoms with Crippen LogP contribution in [0, 0.1) is 6.92 Å². The van der Waals surface area contributed by atoms with E-state index in [1.807, 2.05) is 56.3 Å². The number of hydrogen-bond donors (Lipinski definition) is 1. The minimum absolute atomic E-state index is 0.0929. The van der Waals surface area contributed by atoms with E-state index in [0.29, 0.717) is 18.1 Å². The first kappa shape index (κ1) is 21.1. The average molecular weight is 413 g/mol. The smallest absolute Gasteiger partial charge is 0.262 e. The number of hydrogen-bond acceptors (Lipinski definition) is 4. The van der Waals surface area contributed by atoms with E-state index in [2.05, 4.69) is 10.2 Å². The lowest BCUT2D eigenvalue weighted by atomic mass is 10.1. The standard InChI is InChI=1S/C23H28N2O3S/c1-3-27-21-15-18(23(29)25-13-7-4-8-14-25)11-12-20(21)28-16-22(26)24-19-10-6-5-9-17(19)2/h5-6,9-12,15H,3-4,7-8,13-14,16H2,1-2H3,(H,24,26). The Morgan fingerprint density at radius 3 is 2.55 bits per heavy atom. The first-order chi connectivity index (χ1) is 14.1. The van der Waals surface area contributed by atoms with Crippen LogP contribution in [0.25, 0.3) is 0 Å². The summed E-state index contributed by atoms with van der Waals surface area (Å²) >= 11 is 5.68. The number of anilines is 1. The molecule has 0 atom stereocenters. The van der Waals surface area contributed by atoms with Gasteiger partial charge in [-0.05, 0) is 62.9 Å². The number of aryl methyl sites for hydroxylation is 1. The van der Waals surface area contributed by atoms with Crippen molar-refractivity contribution in [3.05, 3.63) is 53.6 Å². The third kappa shape index (κ3) is 5.70. The molecule has 1 saturated heterocycles. The van der Waals surface area contributed by atoms with Gasteiger partial charge in [0, 0.05) is 24.3 Å². The number of likely N-dealkylation sites (tertiary alicyclic amines) is 1. The van der Waals surface area contributed by atoms with Crippen LogP contribution in [0.1, 0.15) is 37.3 Å². The highest BCUT2D eigenvalue weighted by Gasteiger charge is 2.17. The highest BCUT2D eigenvalue weighted by molar-refractivity contribution is 7.80. The number of piperidine rings is 1. The lowest BCUT2D eigenvalue weighted by Gasteiger charge is -2.29. The van der Waals surface area contributed by atoms with Crippen LogP contribution in [0.2, 0.25) is 0 Å². The zero-order valence-electron chi connectivity index (χ0n) is 17.1. The summed E-state index contributed by atoms with van der Waals surface area (Å²) in [7, 11) is 0. The van der Waals surface area contributed by atoms with E-state index in [-0.39, 0.29) is 12.5 Å². The molecule has 1 aliphatic heterocycles. The van der Waals surface area contributed by atoms with Crippen LogP contribution in [0.3, 0.4) is 0 Å². The molecule has 0 bridgehead atoms. The van der Waals surface area contributed by atoms with Gasteiger partial charge in [-0.1, -0.05) is 30.4 Å². The van der Waals surface area contributed by atoms with Gasteiger partial charge in [0.15, 0.2) is 18.1 Å². The molecule has 0 unspecified atom stereocenters. The van der Waals surface area contributed by atoms with Crippen LogP contribution >= 0.6 is 12.2 Å². The van der Waals surface area contributed by atoms with Crippen molar-refractivity contribution in [1.29, 1.82) is 0 Å². The van der Waals surface area contributed by atoms with Crippen LogP contribution in [-0.2, 0) is 4.79 Å². The van der Waals surface area contributed by atoms with Gasteiger partial charge < -0.3 is 19.7 Å². The topological polar surface area (TPSA) is 50.8 Å². The van der Waals surface area contributed by atoms with Crippen LogP contribution in [-0.4, -0.2) is 42.1 Å². The van der Waals surface area contributed by atoms with E-state index in [1.165, 1.54) is 19.3 Å². The Morgan fingerprint density at radius 1 is 1.07 bits per heavy atom. The predicted octanol–water partition coefficient (Wildman–Crippen LogP) is 4.57. The number of ether oxygens (including phenoxy) is 2. The molecular formula is C23H28N2O3S. The summed E-state index contributed by atoms with van der Waals surface area (Å²) in [6.07, 6.45) is 3.62. The Balaban J connectivity index is 1.66. The van der Waals surface area contributed by atoms with Crippen molar-refractivity contribution in [2.24, 2.45) is 0 Å². The number of para-hydroxylation sites is 1. The molecular weight excluding hydrogens is 384 g/mol. The Morgan fingerprint density at radius 2 is 1.83 bits per heavy atom. The summed E-state index contributed by atoms with van der Waals surface area (Å²) in [6, 6.07) is 13.3. The highest BCUT2D eigenvalue weighted by Crippen LogP contribution is 2.30. The van der Waals surface area contributed by atoms with Crippen molar-refractivity contribution in [3.63, 3.8) is 0 Å². The van der Waals surface area contributed by atoms with Gasteiger partial charge in [0.25, 0.3) is 5.91 Å². The number of carbonyl (C=O) groups is 1.